The fourth-order valence-corrected chi connectivity index (χ4v) is 3.98. The minimum absolute atomic E-state index is 0.0148. The number of carbonyl (C=O) groups is 2. The van der Waals surface area contributed by atoms with Gasteiger partial charge in [-0.05, 0) is 32.4 Å². The first-order valence-corrected chi connectivity index (χ1v) is 12.1. The second-order valence-corrected chi connectivity index (χ2v) is 9.80. The topological polar surface area (TPSA) is 130 Å². The average molecular weight is 477 g/mol. The van der Waals surface area contributed by atoms with Crippen LogP contribution in [0.2, 0.25) is 0 Å². The molecule has 2 aromatic carbocycles. The van der Waals surface area contributed by atoms with E-state index in [1.807, 2.05) is 6.07 Å². The predicted molar refractivity (Wildman–Crippen MR) is 125 cm³/mol. The van der Waals surface area contributed by atoms with E-state index in [4.69, 9.17) is 0 Å². The van der Waals surface area contributed by atoms with Crippen LogP contribution in [0, 0.1) is 10.1 Å². The number of hydrogen-bond donors (Lipinski definition) is 1. The van der Waals surface area contributed by atoms with Crippen LogP contribution in [0.4, 0.5) is 11.4 Å². The molecular weight excluding hydrogens is 448 g/mol. The molecule has 1 N–H and O–H groups in total. The molecule has 10 nitrogen and oxygen atoms in total. The number of hydrogen-bond acceptors (Lipinski definition) is 6. The molecule has 0 saturated carbocycles. The van der Waals surface area contributed by atoms with Gasteiger partial charge in [-0.1, -0.05) is 36.4 Å². The van der Waals surface area contributed by atoms with Crippen molar-refractivity contribution in [2.75, 3.05) is 17.1 Å². The largest absolute Gasteiger partial charge is 0.352 e. The maximum Gasteiger partial charge on any atom is 0.271 e. The van der Waals surface area contributed by atoms with Gasteiger partial charge in [-0.3, -0.25) is 24.0 Å². The molecule has 0 aliphatic rings. The molecule has 0 spiro atoms. The summed E-state index contributed by atoms with van der Waals surface area (Å²) in [6.45, 7) is 4.62. The summed E-state index contributed by atoms with van der Waals surface area (Å²) in [5, 5.41) is 13.9. The normalized spacial score (nSPS) is 12.2. The molecule has 2 amide bonds. The molecule has 2 aromatic rings. The van der Waals surface area contributed by atoms with E-state index < -0.39 is 33.4 Å². The number of nitro groups is 1. The van der Waals surface area contributed by atoms with Crippen LogP contribution >= 0.6 is 0 Å². The van der Waals surface area contributed by atoms with Gasteiger partial charge in [0.15, 0.2) is 0 Å². The number of rotatable bonds is 10. The number of sulfonamides is 1. The van der Waals surface area contributed by atoms with Crippen molar-refractivity contribution in [1.82, 2.24) is 10.2 Å². The predicted octanol–water partition coefficient (Wildman–Crippen LogP) is 2.30. The van der Waals surface area contributed by atoms with Crippen LogP contribution in [0.25, 0.3) is 0 Å². The molecule has 178 valence electrons. The molecule has 0 saturated heterocycles. The van der Waals surface area contributed by atoms with Gasteiger partial charge in [-0.2, -0.15) is 0 Å². The Morgan fingerprint density at radius 1 is 1.06 bits per heavy atom. The monoisotopic (exact) mass is 476 g/mol. The van der Waals surface area contributed by atoms with Crippen molar-refractivity contribution in [1.29, 1.82) is 0 Å². The lowest BCUT2D eigenvalue weighted by Gasteiger charge is -2.31. The van der Waals surface area contributed by atoms with Crippen molar-refractivity contribution >= 4 is 33.2 Å². The molecule has 0 radical (unpaired) electrons. The molecule has 1 atom stereocenters. The van der Waals surface area contributed by atoms with Gasteiger partial charge in [-0.15, -0.1) is 0 Å². The Kier molecular flexibility index (Phi) is 8.52. The first-order chi connectivity index (χ1) is 15.4. The van der Waals surface area contributed by atoms with Gasteiger partial charge in [0.2, 0.25) is 21.8 Å². The third kappa shape index (κ3) is 7.28. The van der Waals surface area contributed by atoms with Gasteiger partial charge in [0, 0.05) is 24.7 Å². The van der Waals surface area contributed by atoms with Gasteiger partial charge in [0.05, 0.1) is 16.9 Å². The van der Waals surface area contributed by atoms with Crippen LogP contribution in [0.15, 0.2) is 54.6 Å². The molecule has 0 aliphatic heterocycles. The van der Waals surface area contributed by atoms with E-state index in [0.29, 0.717) is 0 Å². The van der Waals surface area contributed by atoms with E-state index in [-0.39, 0.29) is 29.9 Å². The maximum absolute atomic E-state index is 13.3. The van der Waals surface area contributed by atoms with E-state index in [2.05, 4.69) is 5.32 Å². The van der Waals surface area contributed by atoms with Crippen molar-refractivity contribution in [3.8, 4) is 0 Å². The molecule has 0 aliphatic carbocycles. The minimum atomic E-state index is -3.96. The third-order valence-electron chi connectivity index (χ3n) is 4.80. The standard InChI is InChI=1S/C22H28N4O6S/c1-16(2)23-22(28)17(3)24(14-18-9-6-5-7-10-18)21(27)15-25(33(4,31)32)19-11-8-12-20(13-19)26(29)30/h5-13,16-17H,14-15H2,1-4H3,(H,23,28)/t17-/m1/s1. The molecule has 33 heavy (non-hydrogen) atoms. The van der Waals surface area contributed by atoms with Crippen molar-refractivity contribution in [2.45, 2.75) is 39.4 Å². The minimum Gasteiger partial charge on any atom is -0.352 e. The first-order valence-electron chi connectivity index (χ1n) is 10.3. The second-order valence-electron chi connectivity index (χ2n) is 7.89. The Balaban J connectivity index is 2.40. The van der Waals surface area contributed by atoms with Crippen LogP contribution in [0.1, 0.15) is 26.3 Å². The Morgan fingerprint density at radius 2 is 1.70 bits per heavy atom. The molecule has 0 unspecified atom stereocenters. The van der Waals surface area contributed by atoms with E-state index in [0.717, 1.165) is 22.2 Å². The van der Waals surface area contributed by atoms with Gasteiger partial charge >= 0.3 is 0 Å². The van der Waals surface area contributed by atoms with Crippen molar-refractivity contribution in [3.63, 3.8) is 0 Å². The zero-order chi connectivity index (χ0) is 24.8. The second kappa shape index (κ2) is 10.9. The summed E-state index contributed by atoms with van der Waals surface area (Å²) in [5.41, 5.74) is 0.440. The number of carbonyl (C=O) groups excluding carboxylic acids is 2. The zero-order valence-corrected chi connectivity index (χ0v) is 19.8. The van der Waals surface area contributed by atoms with Crippen LogP contribution < -0.4 is 9.62 Å². The number of nitro benzene ring substituents is 1. The number of non-ortho nitro benzene ring substituents is 1. The highest BCUT2D eigenvalue weighted by molar-refractivity contribution is 7.92. The molecule has 11 heteroatoms. The molecule has 0 aromatic heterocycles. The van der Waals surface area contributed by atoms with Gasteiger partial charge < -0.3 is 10.2 Å². The van der Waals surface area contributed by atoms with Crippen LogP contribution in [-0.2, 0) is 26.2 Å². The Morgan fingerprint density at radius 3 is 2.24 bits per heavy atom. The molecule has 0 bridgehead atoms. The number of anilines is 1. The highest BCUT2D eigenvalue weighted by Crippen LogP contribution is 2.23. The maximum atomic E-state index is 13.3. The van der Waals surface area contributed by atoms with Crippen molar-refractivity contribution in [3.05, 3.63) is 70.3 Å². The lowest BCUT2D eigenvalue weighted by molar-refractivity contribution is -0.384. The number of nitrogens with zero attached hydrogens (tertiary/aromatic N) is 3. The van der Waals surface area contributed by atoms with Crippen molar-refractivity contribution < 1.29 is 22.9 Å². The molecular formula is C22H28N4O6S. The zero-order valence-electron chi connectivity index (χ0n) is 19.0. The summed E-state index contributed by atoms with van der Waals surface area (Å²) in [6.07, 6.45) is 0.912. The van der Waals surface area contributed by atoms with E-state index in [9.17, 15) is 28.1 Å². The fraction of sp³-hybridized carbons (Fsp3) is 0.364. The Bertz CT molecular complexity index is 1100. The summed E-state index contributed by atoms with van der Waals surface area (Å²) in [5.74, 6) is -1.00. The van der Waals surface area contributed by atoms with Gasteiger partial charge in [0.1, 0.15) is 12.6 Å². The quantitative estimate of drug-likeness (QED) is 0.414. The van der Waals surface area contributed by atoms with E-state index >= 15 is 0 Å². The van der Waals surface area contributed by atoms with Gasteiger partial charge in [0.25, 0.3) is 5.69 Å². The summed E-state index contributed by atoms with van der Waals surface area (Å²) in [7, 11) is -3.96. The average Bonchev–Trinajstić information content (AvgIpc) is 2.74. The molecule has 2 rings (SSSR count). The van der Waals surface area contributed by atoms with Gasteiger partial charge in [-0.25, -0.2) is 8.42 Å². The van der Waals surface area contributed by atoms with Crippen LogP contribution in [0.3, 0.4) is 0 Å². The molecule has 0 heterocycles. The van der Waals surface area contributed by atoms with E-state index in [1.54, 1.807) is 45.0 Å². The SMILES string of the molecule is CC(C)NC(=O)[C@@H](C)N(Cc1ccccc1)C(=O)CN(c1cccc([N+](=O)[O-])c1)S(C)(=O)=O. The summed E-state index contributed by atoms with van der Waals surface area (Å²) < 4.78 is 25.8. The highest BCUT2D eigenvalue weighted by atomic mass is 32.2. The summed E-state index contributed by atoms with van der Waals surface area (Å²) in [6, 6.07) is 13.0. The number of amides is 2. The van der Waals surface area contributed by atoms with E-state index in [1.165, 1.54) is 23.1 Å². The molecule has 0 fully saturated rings. The smallest absolute Gasteiger partial charge is 0.271 e. The Labute approximate surface area is 193 Å². The summed E-state index contributed by atoms with van der Waals surface area (Å²) >= 11 is 0. The Hall–Kier alpha value is -3.47. The summed E-state index contributed by atoms with van der Waals surface area (Å²) in [4.78, 5) is 37.8. The van der Waals surface area contributed by atoms with Crippen LogP contribution in [0.5, 0.6) is 0 Å². The van der Waals surface area contributed by atoms with Crippen LogP contribution in [-0.4, -0.2) is 54.9 Å². The number of nitrogens with one attached hydrogen (secondary N) is 1. The van der Waals surface area contributed by atoms with Crippen molar-refractivity contribution in [2.24, 2.45) is 0 Å². The lowest BCUT2D eigenvalue weighted by atomic mass is 10.1. The first kappa shape index (κ1) is 25.8. The highest BCUT2D eigenvalue weighted by Gasteiger charge is 2.30. The fourth-order valence-electron chi connectivity index (χ4n) is 3.14. The lowest BCUT2D eigenvalue weighted by Crippen LogP contribution is -2.52. The third-order valence-corrected chi connectivity index (χ3v) is 5.94. The number of benzene rings is 2.